The second-order valence-electron chi connectivity index (χ2n) is 5.25. The lowest BCUT2D eigenvalue weighted by molar-refractivity contribution is 0.0516. The first-order valence-electron chi connectivity index (χ1n) is 7.85. The maximum absolute atomic E-state index is 12.3. The van der Waals surface area contributed by atoms with Crippen LogP contribution in [-0.4, -0.2) is 23.4 Å². The van der Waals surface area contributed by atoms with Crippen molar-refractivity contribution in [2.75, 3.05) is 12.9 Å². The van der Waals surface area contributed by atoms with Gasteiger partial charge in [-0.15, -0.1) is 11.8 Å². The van der Waals surface area contributed by atoms with Gasteiger partial charge in [-0.3, -0.25) is 0 Å². The third-order valence-corrected chi connectivity index (χ3v) is 4.01. The number of nitriles is 1. The summed E-state index contributed by atoms with van der Waals surface area (Å²) < 4.78 is 6.78. The molecule has 1 aromatic heterocycles. The smallest absolute Gasteiger partial charge is 0.355 e. The fourth-order valence-corrected chi connectivity index (χ4v) is 2.75. The number of rotatable bonds is 6. The Bertz CT molecular complexity index is 840. The predicted octanol–water partition coefficient (Wildman–Crippen LogP) is 4.63. The van der Waals surface area contributed by atoms with Crippen molar-refractivity contribution in [3.05, 3.63) is 64.8 Å². The van der Waals surface area contributed by atoms with Crippen LogP contribution in [0.2, 0.25) is 0 Å². The molecule has 128 valence electrons. The highest BCUT2D eigenvalue weighted by Crippen LogP contribution is 2.30. The van der Waals surface area contributed by atoms with E-state index in [-0.39, 0.29) is 0 Å². The zero-order valence-corrected chi connectivity index (χ0v) is 15.3. The highest BCUT2D eigenvalue weighted by Gasteiger charge is 2.22. The van der Waals surface area contributed by atoms with Crippen LogP contribution < -0.4 is 0 Å². The molecule has 0 unspecified atom stereocenters. The summed E-state index contributed by atoms with van der Waals surface area (Å²) in [5.74, 6) is -0.423. The largest absolute Gasteiger partial charge is 0.461 e. The quantitative estimate of drug-likeness (QED) is 0.562. The van der Waals surface area contributed by atoms with Crippen molar-refractivity contribution < 1.29 is 9.53 Å². The summed E-state index contributed by atoms with van der Waals surface area (Å²) in [4.78, 5) is 12.3. The van der Waals surface area contributed by atoms with Crippen molar-refractivity contribution in [1.29, 1.82) is 5.26 Å². The molecular formula is C20H20N2O2S. The van der Waals surface area contributed by atoms with Gasteiger partial charge in [-0.05, 0) is 29.7 Å². The molecule has 0 saturated carbocycles. The maximum atomic E-state index is 12.3. The first-order valence-corrected chi connectivity index (χ1v) is 9.14. The average molecular weight is 352 g/mol. The fourth-order valence-electron chi connectivity index (χ4n) is 2.50. The van der Waals surface area contributed by atoms with E-state index in [1.54, 1.807) is 36.5 Å². The van der Waals surface area contributed by atoms with Gasteiger partial charge in [0.05, 0.1) is 12.2 Å². The third-order valence-electron chi connectivity index (χ3n) is 3.58. The van der Waals surface area contributed by atoms with E-state index in [1.165, 1.54) is 0 Å². The van der Waals surface area contributed by atoms with Gasteiger partial charge in [0.1, 0.15) is 11.8 Å². The molecule has 0 amide bonds. The number of nitrogens with zero attached hydrogens (tertiary/aromatic N) is 2. The first kappa shape index (κ1) is 18.6. The number of allylic oxidation sites excluding steroid dienone is 2. The number of hydrogen-bond donors (Lipinski definition) is 0. The molecule has 4 nitrogen and oxygen atoms in total. The van der Waals surface area contributed by atoms with E-state index in [9.17, 15) is 10.1 Å². The SMILES string of the molecule is CCOC(=O)c1c(-c2ccc(/C=C/C=C\SC)cc2)c(C#N)cn1C. The number of esters is 1. The molecular weight excluding hydrogens is 332 g/mol. The molecule has 5 heteroatoms. The van der Waals surface area contributed by atoms with Crippen LogP contribution in [0, 0.1) is 11.3 Å². The number of aryl methyl sites for hydroxylation is 1. The summed E-state index contributed by atoms with van der Waals surface area (Å²) in [5.41, 5.74) is 3.32. The molecule has 0 N–H and O–H groups in total. The van der Waals surface area contributed by atoms with E-state index in [2.05, 4.69) is 6.07 Å². The van der Waals surface area contributed by atoms with E-state index in [4.69, 9.17) is 4.74 Å². The van der Waals surface area contributed by atoms with Crippen molar-refractivity contribution >= 4 is 23.8 Å². The van der Waals surface area contributed by atoms with Crippen molar-refractivity contribution in [1.82, 2.24) is 4.57 Å². The minimum Gasteiger partial charge on any atom is -0.461 e. The van der Waals surface area contributed by atoms with Gasteiger partial charge in [-0.2, -0.15) is 5.26 Å². The summed E-state index contributed by atoms with van der Waals surface area (Å²) in [7, 11) is 1.74. The molecule has 1 heterocycles. The highest BCUT2D eigenvalue weighted by atomic mass is 32.2. The molecule has 1 aromatic carbocycles. The Morgan fingerprint density at radius 2 is 2.04 bits per heavy atom. The normalized spacial score (nSPS) is 11.1. The van der Waals surface area contributed by atoms with Crippen LogP contribution in [0.5, 0.6) is 0 Å². The number of benzene rings is 1. The monoisotopic (exact) mass is 352 g/mol. The Hall–Kier alpha value is -2.71. The van der Waals surface area contributed by atoms with Gasteiger partial charge < -0.3 is 9.30 Å². The number of hydrogen-bond acceptors (Lipinski definition) is 4. The molecule has 0 aliphatic carbocycles. The van der Waals surface area contributed by atoms with Crippen molar-refractivity contribution in [2.45, 2.75) is 6.92 Å². The molecule has 0 fully saturated rings. The Morgan fingerprint density at radius 1 is 1.32 bits per heavy atom. The van der Waals surface area contributed by atoms with E-state index >= 15 is 0 Å². The van der Waals surface area contributed by atoms with Crippen molar-refractivity contribution in [3.8, 4) is 17.2 Å². The zero-order chi connectivity index (χ0) is 18.2. The lowest BCUT2D eigenvalue weighted by Gasteiger charge is -2.08. The molecule has 25 heavy (non-hydrogen) atoms. The Kier molecular flexibility index (Phi) is 6.67. The topological polar surface area (TPSA) is 55.0 Å². The minimum atomic E-state index is -0.423. The van der Waals surface area contributed by atoms with Crippen LogP contribution in [0.15, 0.2) is 48.0 Å². The second kappa shape index (κ2) is 8.95. The van der Waals surface area contributed by atoms with Crippen LogP contribution in [-0.2, 0) is 11.8 Å². The summed E-state index contributed by atoms with van der Waals surface area (Å²) in [5, 5.41) is 11.4. The lowest BCUT2D eigenvalue weighted by Crippen LogP contribution is -2.10. The molecule has 2 aromatic rings. The lowest BCUT2D eigenvalue weighted by atomic mass is 10.0. The number of ether oxygens (including phenoxy) is 1. The van der Waals surface area contributed by atoms with E-state index < -0.39 is 5.97 Å². The van der Waals surface area contributed by atoms with Gasteiger partial charge in [0.15, 0.2) is 0 Å². The first-order chi connectivity index (χ1) is 12.1. The fraction of sp³-hybridized carbons (Fsp3) is 0.200. The zero-order valence-electron chi connectivity index (χ0n) is 14.5. The highest BCUT2D eigenvalue weighted by molar-refractivity contribution is 8.01. The summed E-state index contributed by atoms with van der Waals surface area (Å²) >= 11 is 1.64. The van der Waals surface area contributed by atoms with Gasteiger partial charge in [-0.25, -0.2) is 4.79 Å². The molecule has 0 aliphatic rings. The molecule has 0 aliphatic heterocycles. The van der Waals surface area contributed by atoms with Crippen LogP contribution >= 0.6 is 11.8 Å². The Balaban J connectivity index is 2.41. The van der Waals surface area contributed by atoms with Gasteiger partial charge in [0.2, 0.25) is 0 Å². The van der Waals surface area contributed by atoms with Crippen LogP contribution in [0.3, 0.4) is 0 Å². The summed E-state index contributed by atoms with van der Waals surface area (Å²) in [6, 6.07) is 9.91. The predicted molar refractivity (Wildman–Crippen MR) is 103 cm³/mol. The van der Waals surface area contributed by atoms with E-state index in [1.807, 2.05) is 54.2 Å². The van der Waals surface area contributed by atoms with Gasteiger partial charge in [-0.1, -0.05) is 42.5 Å². The Labute approximate surface area is 152 Å². The molecule has 2 rings (SSSR count). The standard InChI is InChI=1S/C20H20N2O2S/c1-4-24-20(23)19-18(17(13-21)14-22(19)2)16-10-8-15(9-11-16)7-5-6-12-25-3/h5-12,14H,4H2,1-3H3/b7-5+,12-6-. The second-order valence-corrected chi connectivity index (χ2v) is 6.00. The Morgan fingerprint density at radius 3 is 2.64 bits per heavy atom. The van der Waals surface area contributed by atoms with Gasteiger partial charge >= 0.3 is 5.97 Å². The number of thioether (sulfide) groups is 1. The molecule has 0 bridgehead atoms. The minimum absolute atomic E-state index is 0.290. The number of aromatic nitrogens is 1. The van der Waals surface area contributed by atoms with E-state index in [0.717, 1.165) is 11.1 Å². The van der Waals surface area contributed by atoms with Crippen molar-refractivity contribution in [3.63, 3.8) is 0 Å². The molecule has 0 spiro atoms. The maximum Gasteiger partial charge on any atom is 0.355 e. The average Bonchev–Trinajstić information content (AvgIpc) is 2.96. The van der Waals surface area contributed by atoms with Gasteiger partial charge in [0.25, 0.3) is 0 Å². The summed E-state index contributed by atoms with van der Waals surface area (Å²) in [6.07, 6.45) is 9.61. The van der Waals surface area contributed by atoms with Crippen molar-refractivity contribution in [2.24, 2.45) is 7.05 Å². The van der Waals surface area contributed by atoms with Crippen LogP contribution in [0.4, 0.5) is 0 Å². The molecule has 0 radical (unpaired) electrons. The van der Waals surface area contributed by atoms with Gasteiger partial charge in [0, 0.05) is 18.8 Å². The molecule has 0 saturated heterocycles. The number of carbonyl (C=O) groups is 1. The number of carbonyl (C=O) groups excluding carboxylic acids is 1. The van der Waals surface area contributed by atoms with Crippen LogP contribution in [0.25, 0.3) is 17.2 Å². The summed E-state index contributed by atoms with van der Waals surface area (Å²) in [6.45, 7) is 2.05. The molecule has 0 atom stereocenters. The van der Waals surface area contributed by atoms with E-state index in [0.29, 0.717) is 23.4 Å². The third kappa shape index (κ3) is 4.43. The van der Waals surface area contributed by atoms with Crippen LogP contribution in [0.1, 0.15) is 28.5 Å².